The van der Waals surface area contributed by atoms with Crippen molar-refractivity contribution >= 4 is 25.8 Å². The Hall–Kier alpha value is -0.430. The predicted molar refractivity (Wildman–Crippen MR) is 69.4 cm³/mol. The van der Waals surface area contributed by atoms with E-state index in [0.29, 0.717) is 5.56 Å². The molecule has 96 valence electrons. The van der Waals surface area contributed by atoms with Crippen LogP contribution in [0.15, 0.2) is 28.7 Å². The lowest BCUT2D eigenvalue weighted by Gasteiger charge is -2.20. The quantitative estimate of drug-likeness (QED) is 0.856. The Morgan fingerprint density at radius 2 is 1.82 bits per heavy atom. The van der Waals surface area contributed by atoms with Gasteiger partial charge in [-0.25, -0.2) is 8.42 Å². The van der Waals surface area contributed by atoms with Crippen LogP contribution in [0.2, 0.25) is 0 Å². The van der Waals surface area contributed by atoms with Crippen molar-refractivity contribution in [3.63, 3.8) is 0 Å². The van der Waals surface area contributed by atoms with Gasteiger partial charge >= 0.3 is 0 Å². The fraction of sp³-hybridized carbons (Fsp3) is 0.455. The van der Waals surface area contributed by atoms with Crippen LogP contribution in [0.5, 0.6) is 0 Å². The van der Waals surface area contributed by atoms with E-state index in [9.17, 15) is 13.5 Å². The highest BCUT2D eigenvalue weighted by Gasteiger charge is 2.31. The first-order valence-corrected chi connectivity index (χ1v) is 7.69. The molecular weight excluding hydrogens is 308 g/mol. The average molecular weight is 323 g/mol. The number of aliphatic hydroxyl groups is 2. The molecule has 6 heteroatoms. The number of benzene rings is 1. The average Bonchev–Trinajstić information content (AvgIpc) is 2.30. The van der Waals surface area contributed by atoms with Crippen molar-refractivity contribution in [3.05, 3.63) is 34.3 Å². The van der Waals surface area contributed by atoms with E-state index in [1.54, 1.807) is 24.3 Å². The number of sulfone groups is 1. The molecule has 0 fully saturated rings. The van der Waals surface area contributed by atoms with Crippen LogP contribution in [-0.4, -0.2) is 36.2 Å². The van der Waals surface area contributed by atoms with Crippen molar-refractivity contribution in [2.24, 2.45) is 0 Å². The van der Waals surface area contributed by atoms with E-state index in [2.05, 4.69) is 15.9 Å². The molecule has 0 saturated carbocycles. The van der Waals surface area contributed by atoms with Gasteiger partial charge in [0, 0.05) is 10.2 Å². The second-order valence-electron chi connectivity index (χ2n) is 3.67. The smallest absolute Gasteiger partial charge is 0.158 e. The summed E-state index contributed by atoms with van der Waals surface area (Å²) >= 11 is 3.25. The summed E-state index contributed by atoms with van der Waals surface area (Å²) in [4.78, 5) is 0. The zero-order valence-electron chi connectivity index (χ0n) is 9.38. The molecule has 0 bridgehead atoms. The van der Waals surface area contributed by atoms with Gasteiger partial charge in [0.25, 0.3) is 0 Å². The highest BCUT2D eigenvalue weighted by atomic mass is 79.9. The monoisotopic (exact) mass is 322 g/mol. The van der Waals surface area contributed by atoms with Gasteiger partial charge in [-0.2, -0.15) is 0 Å². The van der Waals surface area contributed by atoms with Gasteiger partial charge in [0.2, 0.25) is 0 Å². The summed E-state index contributed by atoms with van der Waals surface area (Å²) in [5, 5.41) is 17.9. The summed E-state index contributed by atoms with van der Waals surface area (Å²) in [5.41, 5.74) is 0.476. The number of aliphatic hydroxyl groups excluding tert-OH is 2. The van der Waals surface area contributed by atoms with Crippen molar-refractivity contribution in [1.29, 1.82) is 0 Å². The van der Waals surface area contributed by atoms with Gasteiger partial charge in [-0.15, -0.1) is 0 Å². The van der Waals surface area contributed by atoms with E-state index < -0.39 is 27.8 Å². The fourth-order valence-electron chi connectivity index (χ4n) is 1.50. The fourth-order valence-corrected chi connectivity index (χ4v) is 2.97. The third kappa shape index (κ3) is 3.51. The molecule has 0 spiro atoms. The molecule has 0 aliphatic carbocycles. The minimum Gasteiger partial charge on any atom is -0.395 e. The molecule has 1 aromatic rings. The molecule has 0 radical (unpaired) electrons. The minimum absolute atomic E-state index is 0.105. The Bertz CT molecular complexity index is 455. The third-order valence-corrected chi connectivity index (χ3v) is 5.27. The van der Waals surface area contributed by atoms with Crippen LogP contribution >= 0.6 is 15.9 Å². The number of hydrogen-bond acceptors (Lipinski definition) is 4. The molecule has 0 amide bonds. The van der Waals surface area contributed by atoms with E-state index in [4.69, 9.17) is 5.11 Å². The summed E-state index contributed by atoms with van der Waals surface area (Å²) in [6.07, 6.45) is -1.21. The maximum Gasteiger partial charge on any atom is 0.158 e. The second-order valence-corrected chi connectivity index (χ2v) is 7.09. The normalized spacial score (nSPS) is 15.5. The molecule has 2 N–H and O–H groups in total. The molecule has 1 aromatic carbocycles. The van der Waals surface area contributed by atoms with E-state index >= 15 is 0 Å². The van der Waals surface area contributed by atoms with Crippen molar-refractivity contribution in [3.8, 4) is 0 Å². The maximum absolute atomic E-state index is 11.7. The standard InChI is InChI=1S/C11H15BrO4S/c1-2-17(15,16)10(7-13)11(14)8-3-5-9(12)6-4-8/h3-6,10-11,13-14H,2,7H2,1H3/t10-,11-/m1/s1. The zero-order valence-corrected chi connectivity index (χ0v) is 11.8. The Kier molecular flexibility index (Phi) is 5.12. The lowest BCUT2D eigenvalue weighted by molar-refractivity contribution is 0.138. The zero-order chi connectivity index (χ0) is 13.1. The topological polar surface area (TPSA) is 74.6 Å². The van der Waals surface area contributed by atoms with Crippen molar-refractivity contribution in [1.82, 2.24) is 0 Å². The van der Waals surface area contributed by atoms with Crippen molar-refractivity contribution < 1.29 is 18.6 Å². The van der Waals surface area contributed by atoms with Gasteiger partial charge < -0.3 is 10.2 Å². The van der Waals surface area contributed by atoms with Crippen LogP contribution in [0.4, 0.5) is 0 Å². The molecular formula is C11H15BrO4S. The van der Waals surface area contributed by atoms with Crippen molar-refractivity contribution in [2.45, 2.75) is 18.3 Å². The first kappa shape index (κ1) is 14.6. The summed E-state index contributed by atoms with van der Waals surface area (Å²) in [5.74, 6) is -0.105. The maximum atomic E-state index is 11.7. The Morgan fingerprint density at radius 1 is 1.29 bits per heavy atom. The number of halogens is 1. The van der Waals surface area contributed by atoms with Crippen LogP contribution in [0.1, 0.15) is 18.6 Å². The molecule has 2 atom stereocenters. The van der Waals surface area contributed by atoms with Gasteiger partial charge in [0.1, 0.15) is 5.25 Å². The van der Waals surface area contributed by atoms with Gasteiger partial charge in [-0.05, 0) is 17.7 Å². The predicted octanol–water partition coefficient (Wildman–Crippen LogP) is 1.28. The second kappa shape index (κ2) is 5.95. The molecule has 0 aromatic heterocycles. The highest BCUT2D eigenvalue weighted by Crippen LogP contribution is 2.24. The van der Waals surface area contributed by atoms with Gasteiger partial charge in [-0.3, -0.25) is 0 Å². The molecule has 4 nitrogen and oxygen atoms in total. The van der Waals surface area contributed by atoms with Gasteiger partial charge in [0.05, 0.1) is 12.7 Å². The summed E-state index contributed by atoms with van der Waals surface area (Å²) in [6, 6.07) is 6.68. The van der Waals surface area contributed by atoms with Crippen LogP contribution in [0, 0.1) is 0 Å². The molecule has 0 heterocycles. The Labute approximate surface area is 109 Å². The summed E-state index contributed by atoms with van der Waals surface area (Å²) in [6.45, 7) is 0.902. The molecule has 17 heavy (non-hydrogen) atoms. The van der Waals surface area contributed by atoms with Crippen LogP contribution in [0.25, 0.3) is 0 Å². The largest absolute Gasteiger partial charge is 0.395 e. The summed E-state index contributed by atoms with van der Waals surface area (Å²) < 4.78 is 24.2. The highest BCUT2D eigenvalue weighted by molar-refractivity contribution is 9.10. The molecule has 0 unspecified atom stereocenters. The third-order valence-electron chi connectivity index (χ3n) is 2.61. The van der Waals surface area contributed by atoms with E-state index in [1.165, 1.54) is 6.92 Å². The van der Waals surface area contributed by atoms with Crippen LogP contribution in [0.3, 0.4) is 0 Å². The molecule has 0 aliphatic heterocycles. The van der Waals surface area contributed by atoms with Crippen LogP contribution in [-0.2, 0) is 9.84 Å². The van der Waals surface area contributed by atoms with Crippen LogP contribution < -0.4 is 0 Å². The number of rotatable bonds is 5. The first-order chi connectivity index (χ1) is 7.92. The molecule has 0 saturated heterocycles. The van der Waals surface area contributed by atoms with Gasteiger partial charge in [-0.1, -0.05) is 35.0 Å². The Morgan fingerprint density at radius 3 is 2.24 bits per heavy atom. The van der Waals surface area contributed by atoms with E-state index in [0.717, 1.165) is 4.47 Å². The molecule has 0 aliphatic rings. The van der Waals surface area contributed by atoms with Gasteiger partial charge in [0.15, 0.2) is 9.84 Å². The molecule has 1 rings (SSSR count). The van der Waals surface area contributed by atoms with Crippen molar-refractivity contribution in [2.75, 3.05) is 12.4 Å². The lowest BCUT2D eigenvalue weighted by Crippen LogP contribution is -2.33. The first-order valence-electron chi connectivity index (χ1n) is 5.18. The van der Waals surface area contributed by atoms with E-state index in [-0.39, 0.29) is 5.75 Å². The lowest BCUT2D eigenvalue weighted by atomic mass is 10.1. The Balaban J connectivity index is 3.02. The SMILES string of the molecule is CCS(=O)(=O)[C@H](CO)[C@H](O)c1ccc(Br)cc1. The number of hydrogen-bond donors (Lipinski definition) is 2. The van der Waals surface area contributed by atoms with E-state index in [1.807, 2.05) is 0 Å². The minimum atomic E-state index is -3.48. The summed E-state index contributed by atoms with van der Waals surface area (Å²) in [7, 11) is -3.48.